The molecule has 0 spiro atoms. The molecule has 2 aromatic carbocycles. The van der Waals surface area contributed by atoms with E-state index in [9.17, 15) is 23.6 Å². The summed E-state index contributed by atoms with van der Waals surface area (Å²) in [5, 5.41) is 20.3. The second-order valence-corrected chi connectivity index (χ2v) is 8.65. The van der Waals surface area contributed by atoms with Crippen LogP contribution in [0.5, 0.6) is 5.75 Å². The smallest absolute Gasteiger partial charge is 0.312 e. The van der Waals surface area contributed by atoms with E-state index in [1.54, 1.807) is 18.2 Å². The molecule has 11 heteroatoms. The number of anilines is 1. The first-order chi connectivity index (χ1) is 11.8. The van der Waals surface area contributed by atoms with Crippen molar-refractivity contribution in [2.45, 2.75) is 9.24 Å². The van der Waals surface area contributed by atoms with Crippen LogP contribution in [0.3, 0.4) is 0 Å². The van der Waals surface area contributed by atoms with Crippen molar-refractivity contribution in [3.8, 4) is 5.75 Å². The van der Waals surface area contributed by atoms with Gasteiger partial charge in [0.25, 0.3) is 10.0 Å². The molecule has 3 rings (SSSR count). The Morgan fingerprint density at radius 2 is 2.04 bits per heavy atom. The number of aromatic nitrogens is 1. The zero-order chi connectivity index (χ0) is 18.2. The maximum atomic E-state index is 12.5. The molecular weight excluding hydrogens is 386 g/mol. The quantitative estimate of drug-likeness (QED) is 0.384. The van der Waals surface area contributed by atoms with Crippen molar-refractivity contribution in [3.05, 3.63) is 46.5 Å². The lowest BCUT2D eigenvalue weighted by Crippen LogP contribution is -2.13. The third kappa shape index (κ3) is 3.52. The first kappa shape index (κ1) is 17.5. The summed E-state index contributed by atoms with van der Waals surface area (Å²) in [4.78, 5) is 14.1. The molecule has 0 fully saturated rings. The van der Waals surface area contributed by atoms with Crippen molar-refractivity contribution in [1.82, 2.24) is 4.98 Å². The molecule has 8 nitrogen and oxygen atoms in total. The van der Waals surface area contributed by atoms with Gasteiger partial charge in [0, 0.05) is 6.07 Å². The zero-order valence-electron chi connectivity index (χ0n) is 12.7. The predicted molar refractivity (Wildman–Crippen MR) is 97.0 cm³/mol. The first-order valence-corrected chi connectivity index (χ1v) is 10.3. The van der Waals surface area contributed by atoms with Crippen LogP contribution in [0.2, 0.25) is 0 Å². The Bertz CT molecular complexity index is 1080. The lowest BCUT2D eigenvalue weighted by Gasteiger charge is -2.08. The zero-order valence-corrected chi connectivity index (χ0v) is 15.1. The molecule has 130 valence electrons. The molecule has 2 N–H and O–H groups in total. The van der Waals surface area contributed by atoms with Crippen LogP contribution in [0.15, 0.2) is 45.6 Å². The van der Waals surface area contributed by atoms with E-state index in [0.29, 0.717) is 5.69 Å². The number of benzene rings is 2. The van der Waals surface area contributed by atoms with Crippen LogP contribution in [-0.2, 0) is 10.0 Å². The minimum absolute atomic E-state index is 0.314. The Morgan fingerprint density at radius 1 is 1.28 bits per heavy atom. The van der Waals surface area contributed by atoms with Crippen molar-refractivity contribution in [3.63, 3.8) is 0 Å². The topological polar surface area (TPSA) is 122 Å². The van der Waals surface area contributed by atoms with Gasteiger partial charge in [-0.05, 0) is 36.6 Å². The van der Waals surface area contributed by atoms with Crippen molar-refractivity contribution in [2.75, 3.05) is 11.0 Å². The molecule has 0 amide bonds. The number of hydrogen-bond acceptors (Lipinski definition) is 8. The van der Waals surface area contributed by atoms with E-state index in [-0.39, 0.29) is 4.90 Å². The van der Waals surface area contributed by atoms with Gasteiger partial charge in [0.15, 0.2) is 10.1 Å². The van der Waals surface area contributed by atoms with Crippen LogP contribution in [0.4, 0.5) is 11.4 Å². The second kappa shape index (κ2) is 6.50. The van der Waals surface area contributed by atoms with Gasteiger partial charge in [-0.3, -0.25) is 14.8 Å². The fourth-order valence-electron chi connectivity index (χ4n) is 2.08. The summed E-state index contributed by atoms with van der Waals surface area (Å²) >= 11 is 2.93. The number of nitro benzene ring substituents is 1. The molecule has 0 saturated carbocycles. The molecule has 1 heterocycles. The molecule has 0 unspecified atom stereocenters. The van der Waals surface area contributed by atoms with Gasteiger partial charge in [-0.25, -0.2) is 13.4 Å². The minimum atomic E-state index is -4.04. The molecule has 0 aliphatic rings. The fraction of sp³-hybridized carbons (Fsp3) is 0.0714. The second-order valence-electron chi connectivity index (χ2n) is 4.88. The average Bonchev–Trinajstić information content (AvgIpc) is 2.96. The number of thioether (sulfide) groups is 1. The fourth-order valence-corrected chi connectivity index (χ4v) is 4.68. The van der Waals surface area contributed by atoms with Crippen molar-refractivity contribution in [1.29, 1.82) is 0 Å². The van der Waals surface area contributed by atoms with E-state index in [2.05, 4.69) is 9.71 Å². The van der Waals surface area contributed by atoms with E-state index in [0.717, 1.165) is 32.8 Å². The summed E-state index contributed by atoms with van der Waals surface area (Å²) in [7, 11) is -4.04. The number of nitro groups is 1. The lowest BCUT2D eigenvalue weighted by atomic mass is 10.3. The summed E-state index contributed by atoms with van der Waals surface area (Å²) < 4.78 is 29.0. The van der Waals surface area contributed by atoms with E-state index in [1.807, 2.05) is 6.26 Å². The predicted octanol–water partition coefficient (Wildman–Crippen LogP) is 3.43. The molecule has 0 saturated heterocycles. The number of aromatic hydroxyl groups is 1. The van der Waals surface area contributed by atoms with Gasteiger partial charge in [-0.15, -0.1) is 11.3 Å². The first-order valence-electron chi connectivity index (χ1n) is 6.75. The maximum Gasteiger partial charge on any atom is 0.312 e. The Balaban J connectivity index is 1.96. The van der Waals surface area contributed by atoms with Gasteiger partial charge in [-0.2, -0.15) is 0 Å². The number of rotatable bonds is 5. The van der Waals surface area contributed by atoms with Crippen LogP contribution >= 0.6 is 23.1 Å². The van der Waals surface area contributed by atoms with Crippen LogP contribution in [0.25, 0.3) is 10.2 Å². The largest absolute Gasteiger partial charge is 0.502 e. The lowest BCUT2D eigenvalue weighted by molar-refractivity contribution is -0.386. The monoisotopic (exact) mass is 397 g/mol. The van der Waals surface area contributed by atoms with E-state index < -0.39 is 26.4 Å². The number of phenols is 1. The molecule has 0 radical (unpaired) electrons. The van der Waals surface area contributed by atoms with Gasteiger partial charge in [0.1, 0.15) is 0 Å². The molecule has 0 aliphatic carbocycles. The van der Waals surface area contributed by atoms with Crippen LogP contribution in [0.1, 0.15) is 0 Å². The van der Waals surface area contributed by atoms with Crippen molar-refractivity contribution >= 4 is 54.7 Å². The highest BCUT2D eigenvalue weighted by Crippen LogP contribution is 2.32. The molecule has 1 aromatic heterocycles. The molecule has 0 aliphatic heterocycles. The Labute approximate surface area is 150 Å². The third-order valence-corrected chi connectivity index (χ3v) is 6.63. The molecule has 25 heavy (non-hydrogen) atoms. The summed E-state index contributed by atoms with van der Waals surface area (Å²) in [5.74, 6) is -0.598. The van der Waals surface area contributed by atoms with Crippen LogP contribution in [-0.4, -0.2) is 29.7 Å². The number of hydrogen-bond donors (Lipinski definition) is 2. The van der Waals surface area contributed by atoms with Crippen molar-refractivity contribution < 1.29 is 18.4 Å². The van der Waals surface area contributed by atoms with Crippen LogP contribution in [0, 0.1) is 10.1 Å². The molecule has 0 bridgehead atoms. The third-order valence-electron chi connectivity index (χ3n) is 3.25. The average molecular weight is 397 g/mol. The Morgan fingerprint density at radius 3 is 2.72 bits per heavy atom. The summed E-state index contributed by atoms with van der Waals surface area (Å²) in [6.45, 7) is 0. The van der Waals surface area contributed by atoms with Gasteiger partial charge in [0.05, 0.1) is 25.7 Å². The normalized spacial score (nSPS) is 11.6. The van der Waals surface area contributed by atoms with E-state index >= 15 is 0 Å². The SMILES string of the molecule is CSc1nc2ccc(NS(=O)(=O)c3ccc(O)c([N+](=O)[O-])c3)cc2s1. The molecule has 3 aromatic rings. The number of thiazole rings is 1. The summed E-state index contributed by atoms with van der Waals surface area (Å²) in [6, 6.07) is 7.81. The van der Waals surface area contributed by atoms with Gasteiger partial charge >= 0.3 is 5.69 Å². The maximum absolute atomic E-state index is 12.5. The Kier molecular flexibility index (Phi) is 4.54. The number of nitrogens with one attached hydrogen (secondary N) is 1. The van der Waals surface area contributed by atoms with Gasteiger partial charge in [0.2, 0.25) is 0 Å². The number of sulfonamides is 1. The van der Waals surface area contributed by atoms with E-state index in [4.69, 9.17) is 0 Å². The van der Waals surface area contributed by atoms with Crippen molar-refractivity contribution in [2.24, 2.45) is 0 Å². The highest BCUT2D eigenvalue weighted by molar-refractivity contribution is 8.00. The van der Waals surface area contributed by atoms with E-state index in [1.165, 1.54) is 23.1 Å². The standard InChI is InChI=1S/C14H11N3O5S3/c1-23-14-15-10-4-2-8(6-13(10)24-14)16-25(21,22)9-3-5-12(18)11(7-9)17(19)20/h2-7,16,18H,1H3. The number of fused-ring (bicyclic) bond motifs is 1. The van der Waals surface area contributed by atoms with Crippen LogP contribution < -0.4 is 4.72 Å². The summed E-state index contributed by atoms with van der Waals surface area (Å²) in [6.07, 6.45) is 1.90. The van der Waals surface area contributed by atoms with Gasteiger partial charge < -0.3 is 5.11 Å². The number of phenolic OH excluding ortho intramolecular Hbond substituents is 1. The molecular formula is C14H11N3O5S3. The molecule has 0 atom stereocenters. The highest BCUT2D eigenvalue weighted by atomic mass is 32.2. The number of nitrogens with zero attached hydrogens (tertiary/aromatic N) is 2. The highest BCUT2D eigenvalue weighted by Gasteiger charge is 2.21. The minimum Gasteiger partial charge on any atom is -0.502 e. The Hall–Kier alpha value is -2.37. The summed E-state index contributed by atoms with van der Waals surface area (Å²) in [5.41, 5.74) is 0.405. The van der Waals surface area contributed by atoms with Gasteiger partial charge in [-0.1, -0.05) is 11.8 Å².